The van der Waals surface area contributed by atoms with Gasteiger partial charge < -0.3 is 19.4 Å². The maximum atomic E-state index is 12.9. The first kappa shape index (κ1) is 27.5. The van der Waals surface area contributed by atoms with Crippen LogP contribution in [0.25, 0.3) is 0 Å². The van der Waals surface area contributed by atoms with Crippen molar-refractivity contribution >= 4 is 51.6 Å². The van der Waals surface area contributed by atoms with E-state index < -0.39 is 5.97 Å². The Balaban J connectivity index is 1.45. The Morgan fingerprint density at radius 1 is 1.19 bits per heavy atom. The number of thiophene rings is 1. The smallest absolute Gasteiger partial charge is 0.341 e. The number of hydrogen-bond donors (Lipinski definition) is 1. The fourth-order valence-electron chi connectivity index (χ4n) is 4.41. The topological polar surface area (TPSA) is 95.3 Å². The van der Waals surface area contributed by atoms with E-state index in [0.29, 0.717) is 38.9 Å². The third-order valence-electron chi connectivity index (χ3n) is 6.21. The number of anilines is 1. The maximum absolute atomic E-state index is 12.9. The van der Waals surface area contributed by atoms with Gasteiger partial charge in [-0.1, -0.05) is 48.3 Å². The van der Waals surface area contributed by atoms with E-state index in [1.807, 2.05) is 30.5 Å². The van der Waals surface area contributed by atoms with Gasteiger partial charge in [-0.25, -0.2) is 4.79 Å². The molecule has 2 heterocycles. The van der Waals surface area contributed by atoms with E-state index in [1.54, 1.807) is 12.1 Å². The lowest BCUT2D eigenvalue weighted by Crippen LogP contribution is -2.17. The number of para-hydroxylation sites is 1. The van der Waals surface area contributed by atoms with Crippen molar-refractivity contribution in [2.75, 3.05) is 18.2 Å². The largest absolute Gasteiger partial charge is 0.481 e. The molecule has 1 aliphatic rings. The number of ether oxygens (including phenoxy) is 2. The number of hydrogen-bond acceptors (Lipinski definition) is 8. The van der Waals surface area contributed by atoms with Crippen LogP contribution in [0.3, 0.4) is 0 Å². The number of methoxy groups -OCH3 is 1. The first-order chi connectivity index (χ1) is 17.9. The van der Waals surface area contributed by atoms with Crippen LogP contribution in [0, 0.1) is 0 Å². The number of esters is 1. The molecule has 1 atom stereocenters. The number of benzene rings is 1. The Hall–Kier alpha value is -2.56. The highest BCUT2D eigenvalue weighted by Crippen LogP contribution is 2.38. The van der Waals surface area contributed by atoms with Crippen LogP contribution in [0.4, 0.5) is 5.00 Å². The average molecular weight is 563 g/mol. The minimum atomic E-state index is -0.399. The van der Waals surface area contributed by atoms with Gasteiger partial charge in [0.2, 0.25) is 5.91 Å². The summed E-state index contributed by atoms with van der Waals surface area (Å²) < 4.78 is 13.0. The second-order valence-corrected chi connectivity index (χ2v) is 11.2. The first-order valence-electron chi connectivity index (χ1n) is 12.4. The van der Waals surface area contributed by atoms with E-state index >= 15 is 0 Å². The Labute approximate surface area is 230 Å². The standard InChI is InChI=1S/C26H31ClN4O4S2/c1-4-31-23(16(2)35-19-13-10-9-12-18(19)27)29-30-26(31)36-15-21(32)28-24-22(25(33)34-3)17-11-7-5-6-8-14-20(17)37-24/h9-10,12-13,16H,4-8,11,14-15H2,1-3H3,(H,28,32). The average Bonchev–Trinajstić information content (AvgIpc) is 3.44. The molecule has 4 rings (SSSR count). The van der Waals surface area contributed by atoms with E-state index in [2.05, 4.69) is 15.5 Å². The molecule has 198 valence electrons. The molecule has 1 aromatic carbocycles. The second kappa shape index (κ2) is 12.8. The number of aromatic nitrogens is 3. The third-order valence-corrected chi connectivity index (χ3v) is 8.70. The van der Waals surface area contributed by atoms with Gasteiger partial charge in [-0.2, -0.15) is 0 Å². The fraction of sp³-hybridized carbons (Fsp3) is 0.462. The zero-order chi connectivity index (χ0) is 26.4. The number of nitrogens with zero attached hydrogens (tertiary/aromatic N) is 3. The van der Waals surface area contributed by atoms with E-state index in [9.17, 15) is 9.59 Å². The highest BCUT2D eigenvalue weighted by Gasteiger charge is 2.26. The highest BCUT2D eigenvalue weighted by molar-refractivity contribution is 7.99. The zero-order valence-electron chi connectivity index (χ0n) is 21.2. The van der Waals surface area contributed by atoms with E-state index in [-0.39, 0.29) is 17.8 Å². The Bertz CT molecular complexity index is 1260. The molecule has 0 bridgehead atoms. The molecular weight excluding hydrogens is 532 g/mol. The molecule has 1 N–H and O–H groups in total. The number of aryl methyl sites for hydroxylation is 1. The van der Waals surface area contributed by atoms with E-state index in [1.165, 1.54) is 41.5 Å². The van der Waals surface area contributed by atoms with Gasteiger partial charge in [-0.3, -0.25) is 4.79 Å². The summed E-state index contributed by atoms with van der Waals surface area (Å²) in [6.07, 6.45) is 5.82. The van der Waals surface area contributed by atoms with Crippen molar-refractivity contribution in [1.29, 1.82) is 0 Å². The van der Waals surface area contributed by atoms with Crippen LogP contribution < -0.4 is 10.1 Å². The third kappa shape index (κ3) is 6.48. The molecule has 0 saturated carbocycles. The van der Waals surface area contributed by atoms with Gasteiger partial charge in [0.15, 0.2) is 17.1 Å². The van der Waals surface area contributed by atoms with Gasteiger partial charge in [0.25, 0.3) is 0 Å². The van der Waals surface area contributed by atoms with Crippen LogP contribution >= 0.6 is 34.7 Å². The van der Waals surface area contributed by atoms with Crippen molar-refractivity contribution in [3.8, 4) is 5.75 Å². The van der Waals surface area contributed by atoms with Gasteiger partial charge in [-0.05, 0) is 57.2 Å². The van der Waals surface area contributed by atoms with E-state index in [4.69, 9.17) is 21.1 Å². The molecule has 0 spiro atoms. The van der Waals surface area contributed by atoms with Crippen LogP contribution in [0.1, 0.15) is 72.3 Å². The van der Waals surface area contributed by atoms with Crippen molar-refractivity contribution in [3.05, 3.63) is 51.1 Å². The van der Waals surface area contributed by atoms with Gasteiger partial charge in [0, 0.05) is 11.4 Å². The maximum Gasteiger partial charge on any atom is 0.341 e. The predicted octanol–water partition coefficient (Wildman–Crippen LogP) is 6.33. The van der Waals surface area contributed by atoms with Crippen molar-refractivity contribution in [1.82, 2.24) is 14.8 Å². The predicted molar refractivity (Wildman–Crippen MR) is 147 cm³/mol. The van der Waals surface area contributed by atoms with Crippen molar-refractivity contribution < 1.29 is 19.1 Å². The summed E-state index contributed by atoms with van der Waals surface area (Å²) >= 11 is 9.02. The van der Waals surface area contributed by atoms with Crippen LogP contribution in [0.5, 0.6) is 5.75 Å². The molecule has 0 radical (unpaired) electrons. The Morgan fingerprint density at radius 2 is 1.95 bits per heavy atom. The van der Waals surface area contributed by atoms with Gasteiger partial charge in [0.1, 0.15) is 10.8 Å². The number of amides is 1. The molecule has 1 unspecified atom stereocenters. The SMILES string of the molecule is CCn1c(SCC(=O)Nc2sc3c(c2C(=O)OC)CCCCCC3)nnc1C(C)Oc1ccccc1Cl. The van der Waals surface area contributed by atoms with Crippen LogP contribution in [0.15, 0.2) is 29.4 Å². The fourth-order valence-corrected chi connectivity index (χ4v) is 6.69. The minimum Gasteiger partial charge on any atom is -0.481 e. The van der Waals surface area contributed by atoms with Gasteiger partial charge in [-0.15, -0.1) is 21.5 Å². The summed E-state index contributed by atoms with van der Waals surface area (Å²) in [7, 11) is 1.38. The van der Waals surface area contributed by atoms with Crippen LogP contribution in [0.2, 0.25) is 5.02 Å². The highest BCUT2D eigenvalue weighted by atomic mass is 35.5. The normalized spacial score (nSPS) is 14.3. The van der Waals surface area contributed by atoms with Crippen LogP contribution in [-0.2, 0) is 28.9 Å². The molecule has 1 aliphatic carbocycles. The summed E-state index contributed by atoms with van der Waals surface area (Å²) in [5, 5.41) is 13.3. The van der Waals surface area contributed by atoms with Crippen LogP contribution in [-0.4, -0.2) is 39.5 Å². The quantitative estimate of drug-likeness (QED) is 0.240. The molecule has 1 amide bonds. The number of carbonyl (C=O) groups is 2. The number of halogens is 1. The minimum absolute atomic E-state index is 0.126. The number of thioether (sulfide) groups is 1. The second-order valence-electron chi connectivity index (χ2n) is 8.73. The molecule has 8 nitrogen and oxygen atoms in total. The zero-order valence-corrected chi connectivity index (χ0v) is 23.6. The number of fused-ring (bicyclic) bond motifs is 1. The molecule has 0 saturated heterocycles. The van der Waals surface area contributed by atoms with Gasteiger partial charge >= 0.3 is 5.97 Å². The summed E-state index contributed by atoms with van der Waals surface area (Å²) in [5.41, 5.74) is 1.54. The summed E-state index contributed by atoms with van der Waals surface area (Å²) in [6.45, 7) is 4.49. The molecule has 0 fully saturated rings. The molecule has 0 aliphatic heterocycles. The number of carbonyl (C=O) groups excluding carboxylic acids is 2. The molecule has 11 heteroatoms. The molecule has 2 aromatic heterocycles. The lowest BCUT2D eigenvalue weighted by molar-refractivity contribution is -0.113. The first-order valence-corrected chi connectivity index (χ1v) is 14.6. The van der Waals surface area contributed by atoms with Crippen molar-refractivity contribution in [2.45, 2.75) is 70.2 Å². The summed E-state index contributed by atoms with van der Waals surface area (Å²) in [6, 6.07) is 7.28. The van der Waals surface area contributed by atoms with E-state index in [0.717, 1.165) is 37.7 Å². The lowest BCUT2D eigenvalue weighted by atomic mass is 9.96. The Morgan fingerprint density at radius 3 is 2.68 bits per heavy atom. The molecule has 3 aromatic rings. The monoisotopic (exact) mass is 562 g/mol. The van der Waals surface area contributed by atoms with Crippen molar-refractivity contribution in [3.63, 3.8) is 0 Å². The van der Waals surface area contributed by atoms with Crippen molar-refractivity contribution in [2.24, 2.45) is 0 Å². The summed E-state index contributed by atoms with van der Waals surface area (Å²) in [5.74, 6) is 0.737. The lowest BCUT2D eigenvalue weighted by Gasteiger charge is -2.16. The number of nitrogens with one attached hydrogen (secondary N) is 1. The molecular formula is C26H31ClN4O4S2. The summed E-state index contributed by atoms with van der Waals surface area (Å²) in [4.78, 5) is 26.7. The Kier molecular flexibility index (Phi) is 9.50. The molecule has 37 heavy (non-hydrogen) atoms. The number of rotatable bonds is 9. The van der Waals surface area contributed by atoms with Gasteiger partial charge in [0.05, 0.1) is 23.4 Å².